The zero-order valence-electron chi connectivity index (χ0n) is 25.0. The van der Waals surface area contributed by atoms with E-state index < -0.39 is 74.7 Å². The first kappa shape index (κ1) is 31.4. The van der Waals surface area contributed by atoms with E-state index in [2.05, 4.69) is 9.84 Å². The molecule has 2 fully saturated rings. The van der Waals surface area contributed by atoms with Crippen molar-refractivity contribution in [1.29, 1.82) is 0 Å². The molecule has 1 aliphatic heterocycles. The number of hydrogen-bond acceptors (Lipinski definition) is 9. The molecule has 0 spiro atoms. The van der Waals surface area contributed by atoms with Crippen LogP contribution in [0.5, 0.6) is 0 Å². The van der Waals surface area contributed by atoms with Crippen molar-refractivity contribution >= 4 is 23.4 Å². The number of rotatable bonds is 9. The zero-order chi connectivity index (χ0) is 33.0. The van der Waals surface area contributed by atoms with E-state index in [0.717, 1.165) is 20.0 Å². The maximum absolute atomic E-state index is 15.3. The fourth-order valence-corrected chi connectivity index (χ4v) is 6.64. The molecular formula is C32H30F3N3O8. The van der Waals surface area contributed by atoms with Gasteiger partial charge in [-0.15, -0.1) is 0 Å². The Balaban J connectivity index is 1.48. The van der Waals surface area contributed by atoms with E-state index >= 15 is 4.39 Å². The van der Waals surface area contributed by atoms with Crippen LogP contribution in [0.3, 0.4) is 0 Å². The highest BCUT2D eigenvalue weighted by Crippen LogP contribution is 2.70. The largest absolute Gasteiger partial charge is 0.465 e. The lowest BCUT2D eigenvalue weighted by Crippen LogP contribution is -2.27. The third-order valence-corrected chi connectivity index (χ3v) is 9.36. The van der Waals surface area contributed by atoms with Crippen LogP contribution in [-0.4, -0.2) is 52.1 Å². The van der Waals surface area contributed by atoms with Gasteiger partial charge in [0.15, 0.2) is 5.92 Å². The van der Waals surface area contributed by atoms with Gasteiger partial charge in [-0.05, 0) is 37.3 Å². The Bertz CT molecular complexity index is 1740. The zero-order valence-corrected chi connectivity index (χ0v) is 25.0. The van der Waals surface area contributed by atoms with Gasteiger partial charge in [-0.2, -0.15) is 5.10 Å². The minimum atomic E-state index is -3.01. The van der Waals surface area contributed by atoms with Crippen LogP contribution >= 0.6 is 0 Å². The molecule has 0 radical (unpaired) electrons. The quantitative estimate of drug-likeness (QED) is 0.0975. The molecule has 2 aromatic carbocycles. The third-order valence-electron chi connectivity index (χ3n) is 9.36. The number of ketones is 1. The number of nitro benzene ring substituents is 1. The standard InChI is InChI=1S/C32H30F3N3O8/c1-31-15-23-20(14-24(31)32(31,34)35)27(36-37(23)25-10-6-7-11-45-25)28(39)26(30(41)46-16-17-8-4-3-5-9-17)19-12-21(33)18(29(40)44-2)13-22(19)38(42)43/h3-5,8-9,12-13,24-26H,6-7,10-11,14-16H2,1-2H3/t24?,25?,26?,31-/m1/s1. The van der Waals surface area contributed by atoms with Gasteiger partial charge in [0.2, 0.25) is 5.78 Å². The average Bonchev–Trinajstić information content (AvgIpc) is 3.29. The molecule has 14 heteroatoms. The Kier molecular flexibility index (Phi) is 7.95. The molecule has 11 nitrogen and oxygen atoms in total. The van der Waals surface area contributed by atoms with Crippen molar-refractivity contribution in [2.24, 2.45) is 11.3 Å². The van der Waals surface area contributed by atoms with Crippen LogP contribution in [0.2, 0.25) is 0 Å². The number of methoxy groups -OCH3 is 1. The molecule has 0 amide bonds. The normalized spacial score (nSPS) is 23.4. The topological polar surface area (TPSA) is 140 Å². The highest BCUT2D eigenvalue weighted by atomic mass is 19.3. The van der Waals surface area contributed by atoms with Crippen molar-refractivity contribution in [1.82, 2.24) is 9.78 Å². The van der Waals surface area contributed by atoms with Gasteiger partial charge in [0.05, 0.1) is 17.6 Å². The predicted octanol–water partition coefficient (Wildman–Crippen LogP) is 5.50. The number of nitrogens with zero attached hydrogens (tertiary/aromatic N) is 3. The van der Waals surface area contributed by atoms with Crippen molar-refractivity contribution in [3.63, 3.8) is 0 Å². The van der Waals surface area contributed by atoms with E-state index in [1.54, 1.807) is 30.3 Å². The van der Waals surface area contributed by atoms with Gasteiger partial charge in [0, 0.05) is 41.7 Å². The van der Waals surface area contributed by atoms with Crippen molar-refractivity contribution in [3.8, 4) is 0 Å². The molecule has 0 bridgehead atoms. The fraction of sp³-hybridized carbons (Fsp3) is 0.438. The minimum absolute atomic E-state index is 0.105. The summed E-state index contributed by atoms with van der Waals surface area (Å²) in [7, 11) is 0.957. The first-order valence-electron chi connectivity index (χ1n) is 14.8. The maximum atomic E-state index is 15.3. The van der Waals surface area contributed by atoms with E-state index in [4.69, 9.17) is 9.47 Å². The number of carbonyl (C=O) groups is 3. The van der Waals surface area contributed by atoms with Crippen molar-refractivity contribution in [2.75, 3.05) is 13.7 Å². The number of fused-ring (bicyclic) bond motifs is 2. The first-order valence-corrected chi connectivity index (χ1v) is 14.8. The number of ether oxygens (including phenoxy) is 3. The van der Waals surface area contributed by atoms with E-state index in [9.17, 15) is 33.3 Å². The molecule has 1 saturated carbocycles. The predicted molar refractivity (Wildman–Crippen MR) is 153 cm³/mol. The summed E-state index contributed by atoms with van der Waals surface area (Å²) in [6.45, 7) is 1.54. The Hall–Kier alpha value is -4.59. The van der Waals surface area contributed by atoms with Gasteiger partial charge >= 0.3 is 11.9 Å². The van der Waals surface area contributed by atoms with Crippen LogP contribution in [0.4, 0.5) is 18.9 Å². The van der Waals surface area contributed by atoms with Gasteiger partial charge < -0.3 is 14.2 Å². The van der Waals surface area contributed by atoms with E-state index in [1.165, 1.54) is 11.6 Å². The lowest BCUT2D eigenvalue weighted by Gasteiger charge is -2.26. The van der Waals surface area contributed by atoms with E-state index in [1.807, 2.05) is 0 Å². The summed E-state index contributed by atoms with van der Waals surface area (Å²) in [5.41, 5.74) is -2.99. The molecule has 3 aromatic rings. The van der Waals surface area contributed by atoms with Crippen molar-refractivity contribution in [3.05, 3.63) is 92.0 Å². The Morgan fingerprint density at radius 1 is 1.20 bits per heavy atom. The molecule has 2 heterocycles. The molecule has 2 aliphatic carbocycles. The number of aromatic nitrogens is 2. The van der Waals surface area contributed by atoms with Crippen molar-refractivity contribution < 1.29 is 46.7 Å². The van der Waals surface area contributed by atoms with Crippen LogP contribution in [0.1, 0.15) is 81.6 Å². The molecule has 242 valence electrons. The number of benzene rings is 2. The first-order chi connectivity index (χ1) is 21.9. The Morgan fingerprint density at radius 3 is 2.59 bits per heavy atom. The van der Waals surface area contributed by atoms with Gasteiger partial charge in [0.25, 0.3) is 11.6 Å². The highest BCUT2D eigenvalue weighted by molar-refractivity contribution is 6.13. The smallest absolute Gasteiger partial charge is 0.341 e. The number of alkyl halides is 2. The van der Waals surface area contributed by atoms with E-state index in [-0.39, 0.29) is 30.7 Å². The van der Waals surface area contributed by atoms with E-state index in [0.29, 0.717) is 36.4 Å². The summed E-state index contributed by atoms with van der Waals surface area (Å²) in [6.07, 6.45) is 1.08. The molecule has 3 unspecified atom stereocenters. The number of hydrogen-bond donors (Lipinski definition) is 0. The van der Waals surface area contributed by atoms with Crippen molar-refractivity contribution in [2.45, 2.75) is 63.7 Å². The number of nitro groups is 1. The highest BCUT2D eigenvalue weighted by Gasteiger charge is 2.78. The Morgan fingerprint density at radius 2 is 1.93 bits per heavy atom. The van der Waals surface area contributed by atoms with Gasteiger partial charge in [-0.3, -0.25) is 19.7 Å². The van der Waals surface area contributed by atoms with Crippen LogP contribution < -0.4 is 0 Å². The Labute approximate surface area is 260 Å². The number of Topliss-reactive ketones (excluding diaryl/α,β-unsaturated/α-hetero) is 1. The molecule has 1 saturated heterocycles. The van der Waals surface area contributed by atoms with Gasteiger partial charge in [-0.25, -0.2) is 22.6 Å². The second kappa shape index (κ2) is 11.6. The molecule has 0 N–H and O–H groups in total. The fourth-order valence-electron chi connectivity index (χ4n) is 6.64. The van der Waals surface area contributed by atoms with Gasteiger partial charge in [-0.1, -0.05) is 37.3 Å². The summed E-state index contributed by atoms with van der Waals surface area (Å²) in [5.74, 6) is -11.1. The molecule has 1 aromatic heterocycles. The number of esters is 2. The van der Waals surface area contributed by atoms with Crippen LogP contribution in [-0.2, 0) is 38.5 Å². The second-order valence-electron chi connectivity index (χ2n) is 12.0. The minimum Gasteiger partial charge on any atom is -0.465 e. The van der Waals surface area contributed by atoms with Crippen LogP contribution in [0.15, 0.2) is 42.5 Å². The van der Waals surface area contributed by atoms with Crippen LogP contribution in [0, 0.1) is 27.3 Å². The summed E-state index contributed by atoms with van der Waals surface area (Å²) < 4.78 is 62.5. The lowest BCUT2D eigenvalue weighted by molar-refractivity contribution is -0.385. The summed E-state index contributed by atoms with van der Waals surface area (Å²) in [6, 6.07) is 9.53. The second-order valence-corrected chi connectivity index (χ2v) is 12.0. The average molecular weight is 642 g/mol. The van der Waals surface area contributed by atoms with Gasteiger partial charge in [0.1, 0.15) is 29.9 Å². The summed E-state index contributed by atoms with van der Waals surface area (Å²) in [5, 5.41) is 16.7. The third kappa shape index (κ3) is 5.13. The maximum Gasteiger partial charge on any atom is 0.341 e. The molecular weight excluding hydrogens is 611 g/mol. The SMILES string of the molecule is COC(=O)c1cc([N+](=O)[O-])c(C(C(=O)OCc2ccccc2)C(=O)c2nn(C3CCCCO3)c3c2CC2C(F)(F)[C@]2(C)C3)cc1F. The monoisotopic (exact) mass is 641 g/mol. The molecule has 46 heavy (non-hydrogen) atoms. The number of halogens is 3. The molecule has 4 atom stereocenters. The molecule has 3 aliphatic rings. The number of carbonyl (C=O) groups excluding carboxylic acids is 3. The molecule has 6 rings (SSSR count). The van der Waals surface area contributed by atoms with Crippen LogP contribution in [0.25, 0.3) is 0 Å². The summed E-state index contributed by atoms with van der Waals surface area (Å²) >= 11 is 0. The summed E-state index contributed by atoms with van der Waals surface area (Å²) in [4.78, 5) is 51.6. The lowest BCUT2D eigenvalue weighted by atomic mass is 9.84.